The summed E-state index contributed by atoms with van der Waals surface area (Å²) in [6, 6.07) is 6.59. The van der Waals surface area contributed by atoms with Crippen LogP contribution < -0.4 is 5.73 Å². The number of hydrogen-bond donors (Lipinski definition) is 3. The average molecular weight is 285 g/mol. The van der Waals surface area contributed by atoms with Crippen molar-refractivity contribution in [3.63, 3.8) is 0 Å². The van der Waals surface area contributed by atoms with Gasteiger partial charge in [0.2, 0.25) is 0 Å². The molecule has 2 unspecified atom stereocenters. The molecular formula is C11H13BrN2O2. The van der Waals surface area contributed by atoms with Gasteiger partial charge in [0, 0.05) is 11.0 Å². The van der Waals surface area contributed by atoms with Crippen LogP contribution >= 0.6 is 15.9 Å². The first-order chi connectivity index (χ1) is 7.60. The smallest absolute Gasteiger partial charge is 0.105 e. The van der Waals surface area contributed by atoms with Crippen LogP contribution in [0.15, 0.2) is 18.2 Å². The lowest BCUT2D eigenvalue weighted by Gasteiger charge is -2.17. The van der Waals surface area contributed by atoms with Crippen molar-refractivity contribution < 1.29 is 10.2 Å². The highest BCUT2D eigenvalue weighted by molar-refractivity contribution is 9.09. The van der Waals surface area contributed by atoms with E-state index in [9.17, 15) is 10.2 Å². The van der Waals surface area contributed by atoms with E-state index in [4.69, 9.17) is 11.0 Å². The predicted molar refractivity (Wildman–Crippen MR) is 64.9 cm³/mol. The lowest BCUT2D eigenvalue weighted by Crippen LogP contribution is -2.18. The molecule has 16 heavy (non-hydrogen) atoms. The topological polar surface area (TPSA) is 90.3 Å². The summed E-state index contributed by atoms with van der Waals surface area (Å²) in [6.45, 7) is 0. The van der Waals surface area contributed by atoms with Crippen LogP contribution in [-0.4, -0.2) is 21.6 Å². The zero-order valence-corrected chi connectivity index (χ0v) is 10.2. The number of alkyl halides is 1. The van der Waals surface area contributed by atoms with Crippen LogP contribution in [0, 0.1) is 11.3 Å². The number of nitrogens with two attached hydrogens (primary N) is 1. The lowest BCUT2D eigenvalue weighted by molar-refractivity contribution is 0.0173. The monoisotopic (exact) mass is 284 g/mol. The van der Waals surface area contributed by atoms with E-state index < -0.39 is 12.2 Å². The maximum atomic E-state index is 9.81. The van der Waals surface area contributed by atoms with Crippen LogP contribution in [0.3, 0.4) is 0 Å². The van der Waals surface area contributed by atoms with Crippen molar-refractivity contribution in [3.05, 3.63) is 29.3 Å². The van der Waals surface area contributed by atoms with Gasteiger partial charge in [0.1, 0.15) is 12.2 Å². The molecule has 0 heterocycles. The second kappa shape index (κ2) is 5.85. The predicted octanol–water partition coefficient (Wildman–Crippen LogP) is 1.32. The molecule has 0 aliphatic heterocycles. The third-order valence-electron chi connectivity index (χ3n) is 2.31. The van der Waals surface area contributed by atoms with E-state index in [0.717, 1.165) is 0 Å². The van der Waals surface area contributed by atoms with Gasteiger partial charge in [-0.05, 0) is 24.1 Å². The Kier molecular flexibility index (Phi) is 4.74. The van der Waals surface area contributed by atoms with E-state index in [1.165, 1.54) is 6.07 Å². The summed E-state index contributed by atoms with van der Waals surface area (Å²) in [7, 11) is 0. The van der Waals surface area contributed by atoms with E-state index in [-0.39, 0.29) is 0 Å². The first-order valence-electron chi connectivity index (χ1n) is 4.81. The van der Waals surface area contributed by atoms with Crippen LogP contribution in [0.4, 0.5) is 5.69 Å². The molecular weight excluding hydrogens is 272 g/mol. The standard InChI is InChI=1S/C11H13BrN2O2/c12-4-3-10(15)11(16)7-1-2-9(14)8(5-7)6-13/h1-2,5,10-11,15-16H,3-4,14H2. The molecule has 0 aliphatic rings. The van der Waals surface area contributed by atoms with E-state index in [1.807, 2.05) is 6.07 Å². The molecule has 4 nitrogen and oxygen atoms in total. The normalized spacial score (nSPS) is 14.1. The number of aliphatic hydroxyl groups excluding tert-OH is 2. The van der Waals surface area contributed by atoms with Crippen LogP contribution in [0.1, 0.15) is 23.7 Å². The van der Waals surface area contributed by atoms with E-state index in [1.54, 1.807) is 12.1 Å². The minimum absolute atomic E-state index is 0.308. The number of nitrogens with zero attached hydrogens (tertiary/aromatic N) is 1. The first-order valence-corrected chi connectivity index (χ1v) is 5.94. The van der Waals surface area contributed by atoms with Gasteiger partial charge in [0.25, 0.3) is 0 Å². The third-order valence-corrected chi connectivity index (χ3v) is 2.77. The van der Waals surface area contributed by atoms with Crippen molar-refractivity contribution in [2.75, 3.05) is 11.1 Å². The van der Waals surface area contributed by atoms with Crippen molar-refractivity contribution in [2.45, 2.75) is 18.6 Å². The van der Waals surface area contributed by atoms with Crippen LogP contribution in [0.5, 0.6) is 0 Å². The maximum absolute atomic E-state index is 9.81. The van der Waals surface area contributed by atoms with Gasteiger partial charge in [-0.2, -0.15) is 5.26 Å². The molecule has 0 aromatic heterocycles. The Morgan fingerprint density at radius 3 is 2.69 bits per heavy atom. The summed E-state index contributed by atoms with van der Waals surface area (Å²) in [5.74, 6) is 0. The third kappa shape index (κ3) is 2.95. The molecule has 0 saturated heterocycles. The summed E-state index contributed by atoms with van der Waals surface area (Å²) in [5.41, 5.74) is 6.74. The van der Waals surface area contributed by atoms with Gasteiger partial charge in [-0.15, -0.1) is 0 Å². The Balaban J connectivity index is 2.92. The molecule has 0 bridgehead atoms. The summed E-state index contributed by atoms with van der Waals surface area (Å²) in [6.07, 6.45) is -1.41. The highest BCUT2D eigenvalue weighted by Crippen LogP contribution is 2.23. The minimum Gasteiger partial charge on any atom is -0.398 e. The van der Waals surface area contributed by atoms with Gasteiger partial charge in [-0.25, -0.2) is 0 Å². The van der Waals surface area contributed by atoms with Crippen molar-refractivity contribution in [2.24, 2.45) is 0 Å². The van der Waals surface area contributed by atoms with Crippen molar-refractivity contribution in [1.29, 1.82) is 5.26 Å². The fourth-order valence-electron chi connectivity index (χ4n) is 1.35. The summed E-state index contributed by atoms with van der Waals surface area (Å²) in [5, 5.41) is 28.8. The molecule has 1 rings (SSSR count). The Bertz CT molecular complexity index is 403. The molecule has 0 saturated carbocycles. The highest BCUT2D eigenvalue weighted by atomic mass is 79.9. The number of nitrogen functional groups attached to an aromatic ring is 1. The van der Waals surface area contributed by atoms with Crippen molar-refractivity contribution >= 4 is 21.6 Å². The zero-order valence-electron chi connectivity index (χ0n) is 8.60. The average Bonchev–Trinajstić information content (AvgIpc) is 2.29. The first kappa shape index (κ1) is 13.0. The van der Waals surface area contributed by atoms with E-state index >= 15 is 0 Å². The highest BCUT2D eigenvalue weighted by Gasteiger charge is 2.18. The van der Waals surface area contributed by atoms with Crippen LogP contribution in [-0.2, 0) is 0 Å². The number of hydrogen-bond acceptors (Lipinski definition) is 4. The number of aliphatic hydroxyl groups is 2. The number of rotatable bonds is 4. The molecule has 0 spiro atoms. The molecule has 0 radical (unpaired) electrons. The molecule has 1 aromatic rings. The number of nitriles is 1. The van der Waals surface area contributed by atoms with Gasteiger partial charge in [0.05, 0.1) is 11.7 Å². The van der Waals surface area contributed by atoms with Gasteiger partial charge in [0.15, 0.2) is 0 Å². The molecule has 0 amide bonds. The molecule has 86 valence electrons. The lowest BCUT2D eigenvalue weighted by atomic mass is 10.00. The zero-order chi connectivity index (χ0) is 12.1. The molecule has 5 heteroatoms. The minimum atomic E-state index is -0.995. The molecule has 4 N–H and O–H groups in total. The summed E-state index contributed by atoms with van der Waals surface area (Å²) < 4.78 is 0. The molecule has 2 atom stereocenters. The molecule has 0 fully saturated rings. The second-order valence-corrected chi connectivity index (χ2v) is 4.24. The number of benzene rings is 1. The summed E-state index contributed by atoms with van der Waals surface area (Å²) in [4.78, 5) is 0. The quantitative estimate of drug-likeness (QED) is 0.575. The van der Waals surface area contributed by atoms with E-state index in [2.05, 4.69) is 15.9 Å². The largest absolute Gasteiger partial charge is 0.398 e. The van der Waals surface area contributed by atoms with Gasteiger partial charge in [-0.3, -0.25) is 0 Å². The number of halogens is 1. The SMILES string of the molecule is N#Cc1cc(C(O)C(O)CCBr)ccc1N. The molecule has 0 aliphatic carbocycles. The van der Waals surface area contributed by atoms with Gasteiger partial charge >= 0.3 is 0 Å². The van der Waals surface area contributed by atoms with Gasteiger partial charge < -0.3 is 15.9 Å². The Morgan fingerprint density at radius 2 is 2.12 bits per heavy atom. The maximum Gasteiger partial charge on any atom is 0.105 e. The Morgan fingerprint density at radius 1 is 1.44 bits per heavy atom. The fraction of sp³-hybridized carbons (Fsp3) is 0.364. The van der Waals surface area contributed by atoms with Crippen molar-refractivity contribution in [3.8, 4) is 6.07 Å². The van der Waals surface area contributed by atoms with Crippen LogP contribution in [0.2, 0.25) is 0 Å². The molecule has 1 aromatic carbocycles. The fourth-order valence-corrected chi connectivity index (χ4v) is 1.82. The van der Waals surface area contributed by atoms with Gasteiger partial charge in [-0.1, -0.05) is 22.0 Å². The second-order valence-electron chi connectivity index (χ2n) is 3.45. The number of anilines is 1. The summed E-state index contributed by atoms with van der Waals surface area (Å²) >= 11 is 3.19. The Labute approximate surface area is 102 Å². The van der Waals surface area contributed by atoms with Crippen molar-refractivity contribution in [1.82, 2.24) is 0 Å². The van der Waals surface area contributed by atoms with Crippen LogP contribution in [0.25, 0.3) is 0 Å². The Hall–Kier alpha value is -1.09. The van der Waals surface area contributed by atoms with E-state index in [0.29, 0.717) is 28.6 Å².